The van der Waals surface area contributed by atoms with Gasteiger partial charge < -0.3 is 19.3 Å². The summed E-state index contributed by atoms with van der Waals surface area (Å²) >= 11 is 0. The van der Waals surface area contributed by atoms with Gasteiger partial charge in [-0.1, -0.05) is 6.92 Å². The molecule has 0 spiro atoms. The number of carbonyl (C=O) groups is 1. The van der Waals surface area contributed by atoms with Gasteiger partial charge in [-0.15, -0.1) is 0 Å². The Morgan fingerprint density at radius 3 is 2.22 bits per heavy atom. The summed E-state index contributed by atoms with van der Waals surface area (Å²) in [5, 5.41) is 0. The molecule has 2 N–H and O–H groups in total. The zero-order valence-electron chi connectivity index (χ0n) is 10.9. The molecule has 0 amide bonds. The van der Waals surface area contributed by atoms with Gasteiger partial charge in [0.25, 0.3) is 0 Å². The van der Waals surface area contributed by atoms with E-state index in [0.29, 0.717) is 6.42 Å². The van der Waals surface area contributed by atoms with Crippen molar-refractivity contribution in [1.29, 1.82) is 0 Å². The van der Waals surface area contributed by atoms with Crippen LogP contribution in [0.25, 0.3) is 0 Å². The minimum Gasteiger partial charge on any atom is -0.463 e. The van der Waals surface area contributed by atoms with E-state index in [1.807, 2.05) is 6.92 Å². The Bertz CT molecular complexity index is 297. The summed E-state index contributed by atoms with van der Waals surface area (Å²) in [6.45, 7) is 5.58. The topological polar surface area (TPSA) is 102 Å². The molecule has 8 heteroatoms. The van der Waals surface area contributed by atoms with Gasteiger partial charge in [-0.25, -0.2) is 4.57 Å². The molecule has 0 aromatic carbocycles. The predicted molar refractivity (Wildman–Crippen MR) is 63.8 cm³/mol. The number of phosphoric acid groups is 1. The Kier molecular flexibility index (Phi) is 7.66. The molecular weight excluding hydrogens is 263 g/mol. The predicted octanol–water partition coefficient (Wildman–Crippen LogP) is 1.09. The lowest BCUT2D eigenvalue weighted by Crippen LogP contribution is -2.27. The van der Waals surface area contributed by atoms with Crippen LogP contribution in [0.4, 0.5) is 0 Å². The highest BCUT2D eigenvalue weighted by Gasteiger charge is 2.26. The second-order valence-corrected chi connectivity index (χ2v) is 5.55. The first-order chi connectivity index (χ1) is 8.19. The van der Waals surface area contributed by atoms with E-state index in [4.69, 9.17) is 19.3 Å². The molecule has 0 fully saturated rings. The first-order valence-corrected chi connectivity index (χ1v) is 7.17. The van der Waals surface area contributed by atoms with Gasteiger partial charge in [-0.3, -0.25) is 9.32 Å². The standard InChI is InChI=1S/C10H21O7P/c1-4-10(2,3)9(11)16-7-5-15-6-8-17-18(12,13)14/h4-8H2,1-3H3,(H2,12,13,14). The highest BCUT2D eigenvalue weighted by atomic mass is 31.2. The summed E-state index contributed by atoms with van der Waals surface area (Å²) in [5.41, 5.74) is -0.510. The number of rotatable bonds is 9. The van der Waals surface area contributed by atoms with Gasteiger partial charge >= 0.3 is 13.8 Å². The molecule has 0 aliphatic carbocycles. The fourth-order valence-electron chi connectivity index (χ4n) is 0.850. The van der Waals surface area contributed by atoms with Gasteiger partial charge in [0.05, 0.1) is 25.2 Å². The molecule has 0 saturated heterocycles. The fourth-order valence-corrected chi connectivity index (χ4v) is 1.16. The summed E-state index contributed by atoms with van der Waals surface area (Å²) in [6, 6.07) is 0. The van der Waals surface area contributed by atoms with Crippen LogP contribution in [0.2, 0.25) is 0 Å². The molecule has 0 bridgehead atoms. The lowest BCUT2D eigenvalue weighted by Gasteiger charge is -2.20. The summed E-state index contributed by atoms with van der Waals surface area (Å²) in [7, 11) is -4.43. The van der Waals surface area contributed by atoms with Crippen molar-refractivity contribution in [3.63, 3.8) is 0 Å². The fraction of sp³-hybridized carbons (Fsp3) is 0.900. The number of hydrogen-bond acceptors (Lipinski definition) is 5. The van der Waals surface area contributed by atoms with Crippen molar-refractivity contribution in [2.24, 2.45) is 5.41 Å². The van der Waals surface area contributed by atoms with E-state index < -0.39 is 13.2 Å². The zero-order chi connectivity index (χ0) is 14.2. The highest BCUT2D eigenvalue weighted by molar-refractivity contribution is 7.46. The maximum atomic E-state index is 11.5. The number of esters is 1. The Morgan fingerprint density at radius 2 is 1.72 bits per heavy atom. The molecule has 0 saturated carbocycles. The minimum absolute atomic E-state index is 0.0276. The van der Waals surface area contributed by atoms with Crippen LogP contribution >= 0.6 is 7.82 Å². The third-order valence-electron chi connectivity index (χ3n) is 2.38. The minimum atomic E-state index is -4.43. The summed E-state index contributed by atoms with van der Waals surface area (Å²) in [5.74, 6) is -0.292. The maximum Gasteiger partial charge on any atom is 0.469 e. The van der Waals surface area contributed by atoms with Crippen molar-refractivity contribution in [2.45, 2.75) is 27.2 Å². The molecular formula is C10H21O7P. The van der Waals surface area contributed by atoms with Gasteiger partial charge in [-0.05, 0) is 20.3 Å². The largest absolute Gasteiger partial charge is 0.469 e. The van der Waals surface area contributed by atoms with E-state index >= 15 is 0 Å². The van der Waals surface area contributed by atoms with Gasteiger partial charge in [0.15, 0.2) is 0 Å². The van der Waals surface area contributed by atoms with E-state index in [-0.39, 0.29) is 32.4 Å². The average Bonchev–Trinajstić information content (AvgIpc) is 2.25. The van der Waals surface area contributed by atoms with Crippen molar-refractivity contribution in [3.8, 4) is 0 Å². The van der Waals surface area contributed by atoms with Crippen LogP contribution in [0.15, 0.2) is 0 Å². The molecule has 0 aromatic heterocycles. The van der Waals surface area contributed by atoms with E-state index in [2.05, 4.69) is 4.52 Å². The Balaban J connectivity index is 3.53. The van der Waals surface area contributed by atoms with Crippen molar-refractivity contribution in [1.82, 2.24) is 0 Å². The van der Waals surface area contributed by atoms with Crippen LogP contribution in [0.5, 0.6) is 0 Å². The maximum absolute atomic E-state index is 11.5. The number of hydrogen-bond donors (Lipinski definition) is 2. The second-order valence-electron chi connectivity index (χ2n) is 4.31. The Morgan fingerprint density at radius 1 is 1.17 bits per heavy atom. The summed E-state index contributed by atoms with van der Waals surface area (Å²) in [4.78, 5) is 28.3. The molecule has 0 rings (SSSR count). The van der Waals surface area contributed by atoms with Crippen LogP contribution in [-0.4, -0.2) is 42.2 Å². The molecule has 0 radical (unpaired) electrons. The summed E-state index contributed by atoms with van der Waals surface area (Å²) in [6.07, 6.45) is 0.683. The molecule has 108 valence electrons. The number of carbonyl (C=O) groups excluding carboxylic acids is 1. The molecule has 0 unspecified atom stereocenters. The molecule has 18 heavy (non-hydrogen) atoms. The van der Waals surface area contributed by atoms with Crippen LogP contribution in [-0.2, 0) is 23.4 Å². The number of phosphoric ester groups is 1. The van der Waals surface area contributed by atoms with Crippen molar-refractivity contribution in [2.75, 3.05) is 26.4 Å². The first-order valence-electron chi connectivity index (χ1n) is 5.64. The van der Waals surface area contributed by atoms with Gasteiger partial charge in [0.1, 0.15) is 6.61 Å². The van der Waals surface area contributed by atoms with E-state index in [0.717, 1.165) is 0 Å². The molecule has 7 nitrogen and oxygen atoms in total. The van der Waals surface area contributed by atoms with E-state index in [1.54, 1.807) is 13.8 Å². The van der Waals surface area contributed by atoms with Crippen LogP contribution in [0.1, 0.15) is 27.2 Å². The van der Waals surface area contributed by atoms with Crippen LogP contribution in [0, 0.1) is 5.41 Å². The smallest absolute Gasteiger partial charge is 0.463 e. The zero-order valence-corrected chi connectivity index (χ0v) is 11.8. The lowest BCUT2D eigenvalue weighted by molar-refractivity contribution is -0.155. The molecule has 0 aliphatic heterocycles. The second kappa shape index (κ2) is 7.86. The Labute approximate surface area is 107 Å². The highest BCUT2D eigenvalue weighted by Crippen LogP contribution is 2.35. The Hall–Kier alpha value is -0.460. The summed E-state index contributed by atoms with van der Waals surface area (Å²) < 4.78 is 24.4. The number of ether oxygens (including phenoxy) is 2. The van der Waals surface area contributed by atoms with Crippen molar-refractivity contribution < 1.29 is 33.1 Å². The SMILES string of the molecule is CCC(C)(C)C(=O)OCCOCCOP(=O)(O)O. The van der Waals surface area contributed by atoms with Crippen molar-refractivity contribution >= 4 is 13.8 Å². The van der Waals surface area contributed by atoms with Gasteiger partial charge in [0, 0.05) is 0 Å². The van der Waals surface area contributed by atoms with E-state index in [1.165, 1.54) is 0 Å². The van der Waals surface area contributed by atoms with E-state index in [9.17, 15) is 9.36 Å². The van der Waals surface area contributed by atoms with Crippen LogP contribution < -0.4 is 0 Å². The van der Waals surface area contributed by atoms with Crippen LogP contribution in [0.3, 0.4) is 0 Å². The average molecular weight is 284 g/mol. The molecule has 0 aliphatic rings. The normalized spacial score (nSPS) is 12.5. The monoisotopic (exact) mass is 284 g/mol. The van der Waals surface area contributed by atoms with Gasteiger partial charge in [0.2, 0.25) is 0 Å². The third-order valence-corrected chi connectivity index (χ3v) is 2.90. The first kappa shape index (κ1) is 17.5. The van der Waals surface area contributed by atoms with Gasteiger partial charge in [-0.2, -0.15) is 0 Å². The molecule has 0 heterocycles. The molecule has 0 atom stereocenters. The quantitative estimate of drug-likeness (QED) is 0.371. The van der Waals surface area contributed by atoms with Crippen molar-refractivity contribution in [3.05, 3.63) is 0 Å². The molecule has 0 aromatic rings. The third kappa shape index (κ3) is 8.60. The lowest BCUT2D eigenvalue weighted by atomic mass is 9.91.